The van der Waals surface area contributed by atoms with E-state index in [9.17, 15) is 0 Å². The molecule has 0 aromatic carbocycles. The van der Waals surface area contributed by atoms with Crippen LogP contribution in [0.25, 0.3) is 0 Å². The molecule has 1 aliphatic rings. The van der Waals surface area contributed by atoms with Crippen molar-refractivity contribution in [2.75, 3.05) is 11.1 Å². The molecule has 84 valence electrons. The molecule has 4 atom stereocenters. The van der Waals surface area contributed by atoms with Crippen molar-refractivity contribution in [2.24, 2.45) is 17.8 Å². The second-order valence-electron chi connectivity index (χ2n) is 4.64. The van der Waals surface area contributed by atoms with Crippen molar-refractivity contribution < 1.29 is 0 Å². The number of halogens is 1. The van der Waals surface area contributed by atoms with E-state index in [-0.39, 0.29) is 0 Å². The third kappa shape index (κ3) is 3.16. The lowest BCUT2D eigenvalue weighted by atomic mass is 9.81. The minimum absolute atomic E-state index is 0.887. The molecule has 14 heavy (non-hydrogen) atoms. The van der Waals surface area contributed by atoms with Crippen molar-refractivity contribution in [3.8, 4) is 0 Å². The standard InChI is InChI=1S/C12H23BrS/c1-4-5-12-11(8-13)10(3)9(2)6-7-14-12/h9-12H,4-8H2,1-3H3/t9-,10?,11?,12?/m1/s1. The van der Waals surface area contributed by atoms with Crippen LogP contribution >= 0.6 is 27.7 Å². The summed E-state index contributed by atoms with van der Waals surface area (Å²) in [7, 11) is 0. The van der Waals surface area contributed by atoms with E-state index in [4.69, 9.17) is 0 Å². The van der Waals surface area contributed by atoms with Crippen LogP contribution in [0.5, 0.6) is 0 Å². The molecule has 3 unspecified atom stereocenters. The van der Waals surface area contributed by atoms with Crippen molar-refractivity contribution in [3.63, 3.8) is 0 Å². The van der Waals surface area contributed by atoms with Crippen LogP contribution in [0, 0.1) is 17.8 Å². The molecule has 1 fully saturated rings. The summed E-state index contributed by atoms with van der Waals surface area (Å²) in [6.45, 7) is 7.19. The van der Waals surface area contributed by atoms with E-state index in [2.05, 4.69) is 48.5 Å². The molecule has 1 heterocycles. The number of alkyl halides is 1. The summed E-state index contributed by atoms with van der Waals surface area (Å²) >= 11 is 5.93. The van der Waals surface area contributed by atoms with Gasteiger partial charge in [-0.15, -0.1) is 0 Å². The molecule has 1 aliphatic heterocycles. The SMILES string of the molecule is CCCC1SCC[C@@H](C)C(C)C1CBr. The monoisotopic (exact) mass is 278 g/mol. The van der Waals surface area contributed by atoms with Gasteiger partial charge in [0.2, 0.25) is 0 Å². The van der Waals surface area contributed by atoms with Crippen LogP contribution in [-0.4, -0.2) is 16.3 Å². The van der Waals surface area contributed by atoms with Crippen molar-refractivity contribution >= 4 is 27.7 Å². The maximum absolute atomic E-state index is 3.71. The highest BCUT2D eigenvalue weighted by Gasteiger charge is 2.31. The summed E-state index contributed by atoms with van der Waals surface area (Å²) in [5.41, 5.74) is 0. The van der Waals surface area contributed by atoms with Gasteiger partial charge in [-0.1, -0.05) is 43.1 Å². The maximum atomic E-state index is 3.71. The lowest BCUT2D eigenvalue weighted by Crippen LogP contribution is -2.27. The minimum atomic E-state index is 0.887. The summed E-state index contributed by atoms with van der Waals surface area (Å²) in [6.07, 6.45) is 4.15. The smallest absolute Gasteiger partial charge is 0.00858 e. The van der Waals surface area contributed by atoms with Crippen molar-refractivity contribution in [1.82, 2.24) is 0 Å². The molecule has 0 amide bonds. The third-order valence-electron chi connectivity index (χ3n) is 3.71. The molecule has 0 spiro atoms. The Morgan fingerprint density at radius 3 is 2.64 bits per heavy atom. The molecule has 0 saturated carbocycles. The maximum Gasteiger partial charge on any atom is 0.00858 e. The first-order valence-corrected chi connectivity index (χ1v) is 8.05. The summed E-state index contributed by atoms with van der Waals surface area (Å²) < 4.78 is 0. The van der Waals surface area contributed by atoms with E-state index < -0.39 is 0 Å². The average Bonchev–Trinajstić information content (AvgIpc) is 2.29. The van der Waals surface area contributed by atoms with Gasteiger partial charge in [0.1, 0.15) is 0 Å². The van der Waals surface area contributed by atoms with Crippen LogP contribution in [0.2, 0.25) is 0 Å². The molecule has 0 radical (unpaired) electrons. The van der Waals surface area contributed by atoms with Crippen LogP contribution in [0.1, 0.15) is 40.0 Å². The van der Waals surface area contributed by atoms with Gasteiger partial charge in [0, 0.05) is 10.6 Å². The summed E-state index contributed by atoms with van der Waals surface area (Å²) in [6, 6.07) is 0. The minimum Gasteiger partial charge on any atom is -0.158 e. The Bertz CT molecular complexity index is 160. The van der Waals surface area contributed by atoms with Crippen LogP contribution in [-0.2, 0) is 0 Å². The topological polar surface area (TPSA) is 0 Å². The third-order valence-corrected chi connectivity index (χ3v) is 5.94. The fourth-order valence-corrected chi connectivity index (χ4v) is 5.47. The normalized spacial score (nSPS) is 39.4. The number of thioether (sulfide) groups is 1. The van der Waals surface area contributed by atoms with Gasteiger partial charge in [-0.05, 0) is 36.3 Å². The van der Waals surface area contributed by atoms with Gasteiger partial charge in [-0.3, -0.25) is 0 Å². The quantitative estimate of drug-likeness (QED) is 0.682. The Labute approximate surface area is 102 Å². The first kappa shape index (κ1) is 12.9. The summed E-state index contributed by atoms with van der Waals surface area (Å²) in [5, 5.41) is 2.09. The molecule has 0 N–H and O–H groups in total. The van der Waals surface area contributed by atoms with E-state index in [0.29, 0.717) is 0 Å². The van der Waals surface area contributed by atoms with Crippen LogP contribution in [0.15, 0.2) is 0 Å². The highest BCUT2D eigenvalue weighted by molar-refractivity contribution is 9.09. The largest absolute Gasteiger partial charge is 0.158 e. The molecular formula is C12H23BrS. The molecule has 0 nitrogen and oxygen atoms in total. The van der Waals surface area contributed by atoms with E-state index >= 15 is 0 Å². The van der Waals surface area contributed by atoms with Crippen molar-refractivity contribution in [2.45, 2.75) is 45.3 Å². The van der Waals surface area contributed by atoms with Gasteiger partial charge >= 0.3 is 0 Å². The zero-order chi connectivity index (χ0) is 10.6. The van der Waals surface area contributed by atoms with E-state index in [0.717, 1.165) is 23.0 Å². The molecule has 0 bridgehead atoms. The molecule has 2 heteroatoms. The Morgan fingerprint density at radius 2 is 2.07 bits per heavy atom. The molecule has 0 aromatic heterocycles. The fraction of sp³-hybridized carbons (Fsp3) is 1.00. The van der Waals surface area contributed by atoms with Gasteiger partial charge in [-0.25, -0.2) is 0 Å². The summed E-state index contributed by atoms with van der Waals surface area (Å²) in [4.78, 5) is 0. The van der Waals surface area contributed by atoms with Crippen molar-refractivity contribution in [1.29, 1.82) is 0 Å². The number of hydrogen-bond acceptors (Lipinski definition) is 1. The van der Waals surface area contributed by atoms with Gasteiger partial charge in [0.15, 0.2) is 0 Å². The second kappa shape index (κ2) is 6.42. The Hall–Kier alpha value is 0.830. The molecular weight excluding hydrogens is 256 g/mol. The zero-order valence-corrected chi connectivity index (χ0v) is 12.0. The van der Waals surface area contributed by atoms with E-state index in [1.165, 1.54) is 30.3 Å². The van der Waals surface area contributed by atoms with Gasteiger partial charge in [-0.2, -0.15) is 11.8 Å². The van der Waals surface area contributed by atoms with Gasteiger partial charge in [0.25, 0.3) is 0 Å². The predicted molar refractivity (Wildman–Crippen MR) is 71.4 cm³/mol. The predicted octanol–water partition coefficient (Wildman–Crippen LogP) is 4.58. The molecule has 0 aromatic rings. The molecule has 1 saturated heterocycles. The van der Waals surface area contributed by atoms with E-state index in [1.54, 1.807) is 0 Å². The van der Waals surface area contributed by atoms with Crippen LogP contribution < -0.4 is 0 Å². The van der Waals surface area contributed by atoms with E-state index in [1.807, 2.05) is 0 Å². The Kier molecular flexibility index (Phi) is 5.91. The molecule has 1 rings (SSSR count). The van der Waals surface area contributed by atoms with Crippen LogP contribution in [0.3, 0.4) is 0 Å². The molecule has 0 aliphatic carbocycles. The lowest BCUT2D eigenvalue weighted by molar-refractivity contribution is 0.276. The summed E-state index contributed by atoms with van der Waals surface area (Å²) in [5.74, 6) is 4.06. The van der Waals surface area contributed by atoms with Crippen molar-refractivity contribution in [3.05, 3.63) is 0 Å². The van der Waals surface area contributed by atoms with Gasteiger partial charge in [0.05, 0.1) is 0 Å². The number of hydrogen-bond donors (Lipinski definition) is 0. The zero-order valence-electron chi connectivity index (χ0n) is 9.63. The average molecular weight is 279 g/mol. The highest BCUT2D eigenvalue weighted by atomic mass is 79.9. The second-order valence-corrected chi connectivity index (χ2v) is 6.64. The fourth-order valence-electron chi connectivity index (χ4n) is 2.37. The van der Waals surface area contributed by atoms with Gasteiger partial charge < -0.3 is 0 Å². The van der Waals surface area contributed by atoms with Crippen LogP contribution in [0.4, 0.5) is 0 Å². The first-order valence-electron chi connectivity index (χ1n) is 5.88. The number of rotatable bonds is 3. The first-order chi connectivity index (χ1) is 6.70. The Morgan fingerprint density at radius 1 is 1.36 bits per heavy atom. The lowest BCUT2D eigenvalue weighted by Gasteiger charge is -2.29. The highest BCUT2D eigenvalue weighted by Crippen LogP contribution is 2.39. The Balaban J connectivity index is 2.64.